The van der Waals surface area contributed by atoms with Crippen LogP contribution in [0.1, 0.15) is 5.56 Å². The monoisotopic (exact) mass is 400 g/mol. The number of aromatic nitrogens is 2. The van der Waals surface area contributed by atoms with Crippen LogP contribution in [0.25, 0.3) is 22.2 Å². The van der Waals surface area contributed by atoms with Crippen LogP contribution in [0.5, 0.6) is 5.75 Å². The molecule has 1 aromatic carbocycles. The number of carbonyl (C=O) groups excluding carboxylic acids is 1. The van der Waals surface area contributed by atoms with Crippen molar-refractivity contribution in [2.75, 3.05) is 26.2 Å². The van der Waals surface area contributed by atoms with Gasteiger partial charge in [0, 0.05) is 61.5 Å². The number of H-pyrrole nitrogens is 1. The molecular formula is C20H18ClFN4O2. The Labute approximate surface area is 165 Å². The first-order valence-corrected chi connectivity index (χ1v) is 9.61. The number of hydrogen-bond donors (Lipinski definition) is 2. The summed E-state index contributed by atoms with van der Waals surface area (Å²) in [5.74, 6) is -0.227. The summed E-state index contributed by atoms with van der Waals surface area (Å²) in [4.78, 5) is 22.0. The van der Waals surface area contributed by atoms with Crippen molar-refractivity contribution in [3.05, 3.63) is 47.0 Å². The Morgan fingerprint density at radius 2 is 2.14 bits per heavy atom. The summed E-state index contributed by atoms with van der Waals surface area (Å²) in [5.41, 5.74) is 2.32. The standard InChI is InChI=1S/C20H18ClFN4O2/c21-14-9-11-10-15(20(27)26-7-5-23-6-8-26)28-18(11)16(17(14)22)12-1-3-24-19-13(12)2-4-25-19/h1-4,9,15,23H,5-8,10H2,(H,24,25)/t15-/m0/s1. The number of hydrogen-bond acceptors (Lipinski definition) is 4. The molecule has 2 N–H and O–H groups in total. The van der Waals surface area contributed by atoms with Crippen LogP contribution >= 0.6 is 11.6 Å². The lowest BCUT2D eigenvalue weighted by molar-refractivity contribution is -0.138. The Hall–Kier alpha value is -2.64. The summed E-state index contributed by atoms with van der Waals surface area (Å²) >= 11 is 6.19. The van der Waals surface area contributed by atoms with E-state index in [2.05, 4.69) is 15.3 Å². The zero-order chi connectivity index (χ0) is 19.3. The molecule has 28 heavy (non-hydrogen) atoms. The van der Waals surface area contributed by atoms with Crippen LogP contribution in [0.2, 0.25) is 5.02 Å². The fourth-order valence-corrected chi connectivity index (χ4v) is 4.20. The van der Waals surface area contributed by atoms with E-state index in [-0.39, 0.29) is 16.5 Å². The fourth-order valence-electron chi connectivity index (χ4n) is 3.98. The summed E-state index contributed by atoms with van der Waals surface area (Å²) in [6, 6.07) is 5.14. The van der Waals surface area contributed by atoms with Crippen molar-refractivity contribution in [2.24, 2.45) is 0 Å². The van der Waals surface area contributed by atoms with Crippen molar-refractivity contribution in [1.29, 1.82) is 0 Å². The number of piperazine rings is 1. The largest absolute Gasteiger partial charge is 0.479 e. The van der Waals surface area contributed by atoms with Gasteiger partial charge in [-0.05, 0) is 18.2 Å². The summed E-state index contributed by atoms with van der Waals surface area (Å²) < 4.78 is 21.1. The van der Waals surface area contributed by atoms with Gasteiger partial charge >= 0.3 is 0 Å². The number of carbonyl (C=O) groups is 1. The van der Waals surface area contributed by atoms with E-state index in [1.165, 1.54) is 0 Å². The quantitative estimate of drug-likeness (QED) is 0.694. The molecule has 1 atom stereocenters. The average molecular weight is 401 g/mol. The van der Waals surface area contributed by atoms with E-state index in [1.807, 2.05) is 6.07 Å². The molecule has 2 aromatic heterocycles. The van der Waals surface area contributed by atoms with E-state index in [1.54, 1.807) is 29.4 Å². The lowest BCUT2D eigenvalue weighted by Gasteiger charge is -2.29. The number of aromatic amines is 1. The van der Waals surface area contributed by atoms with Gasteiger partial charge < -0.3 is 19.9 Å². The Bertz CT molecular complexity index is 1080. The summed E-state index contributed by atoms with van der Waals surface area (Å²) in [6.07, 6.45) is 3.08. The van der Waals surface area contributed by atoms with E-state index < -0.39 is 11.9 Å². The van der Waals surface area contributed by atoms with E-state index in [9.17, 15) is 4.79 Å². The van der Waals surface area contributed by atoms with Gasteiger partial charge in [-0.2, -0.15) is 0 Å². The minimum atomic E-state index is -0.659. The van der Waals surface area contributed by atoms with Crippen LogP contribution in [-0.2, 0) is 11.2 Å². The molecule has 2 aliphatic rings. The number of nitrogens with zero attached hydrogens (tertiary/aromatic N) is 2. The third kappa shape index (κ3) is 2.73. The first-order chi connectivity index (χ1) is 13.6. The molecule has 0 saturated carbocycles. The number of ether oxygens (including phenoxy) is 1. The number of rotatable bonds is 2. The highest BCUT2D eigenvalue weighted by atomic mass is 35.5. The third-order valence-corrected chi connectivity index (χ3v) is 5.62. The summed E-state index contributed by atoms with van der Waals surface area (Å²) in [6.45, 7) is 2.82. The molecule has 1 saturated heterocycles. The second-order valence-electron chi connectivity index (χ2n) is 7.02. The van der Waals surface area contributed by atoms with Gasteiger partial charge in [-0.25, -0.2) is 9.37 Å². The van der Waals surface area contributed by atoms with E-state index in [0.29, 0.717) is 36.5 Å². The van der Waals surface area contributed by atoms with E-state index >= 15 is 4.39 Å². The Balaban J connectivity index is 1.57. The predicted molar refractivity (Wildman–Crippen MR) is 104 cm³/mol. The topological polar surface area (TPSA) is 70.2 Å². The van der Waals surface area contributed by atoms with Gasteiger partial charge in [0.15, 0.2) is 11.9 Å². The third-order valence-electron chi connectivity index (χ3n) is 5.35. The Kier molecular flexibility index (Phi) is 4.21. The lowest BCUT2D eigenvalue weighted by atomic mass is 9.98. The molecule has 5 rings (SSSR count). The molecular weight excluding hydrogens is 383 g/mol. The van der Waals surface area contributed by atoms with Crippen molar-refractivity contribution in [1.82, 2.24) is 20.2 Å². The Morgan fingerprint density at radius 1 is 1.32 bits per heavy atom. The molecule has 8 heteroatoms. The highest BCUT2D eigenvalue weighted by Crippen LogP contribution is 2.45. The SMILES string of the molecule is O=C([C@@H]1Cc2cc(Cl)c(F)c(-c3ccnc4[nH]ccc34)c2O1)N1CCNCC1. The number of fused-ring (bicyclic) bond motifs is 2. The van der Waals surface area contributed by atoms with Gasteiger partial charge in [0.05, 0.1) is 10.6 Å². The van der Waals surface area contributed by atoms with Crippen LogP contribution in [0, 0.1) is 5.82 Å². The highest BCUT2D eigenvalue weighted by molar-refractivity contribution is 6.31. The maximum atomic E-state index is 15.1. The molecule has 2 aliphatic heterocycles. The smallest absolute Gasteiger partial charge is 0.264 e. The number of nitrogens with one attached hydrogen (secondary N) is 2. The van der Waals surface area contributed by atoms with Gasteiger partial charge in [-0.3, -0.25) is 4.79 Å². The molecule has 1 amide bonds. The second kappa shape index (κ2) is 6.76. The van der Waals surface area contributed by atoms with Crippen LogP contribution in [0.4, 0.5) is 4.39 Å². The van der Waals surface area contributed by atoms with Crippen molar-refractivity contribution in [3.8, 4) is 16.9 Å². The second-order valence-corrected chi connectivity index (χ2v) is 7.43. The van der Waals surface area contributed by atoms with E-state index in [4.69, 9.17) is 16.3 Å². The lowest BCUT2D eigenvalue weighted by Crippen LogP contribution is -2.50. The highest BCUT2D eigenvalue weighted by Gasteiger charge is 2.36. The molecule has 144 valence electrons. The Morgan fingerprint density at radius 3 is 2.96 bits per heavy atom. The first-order valence-electron chi connectivity index (χ1n) is 9.23. The molecule has 1 fully saturated rings. The maximum Gasteiger partial charge on any atom is 0.264 e. The molecule has 0 spiro atoms. The first kappa shape index (κ1) is 17.5. The zero-order valence-corrected chi connectivity index (χ0v) is 15.7. The van der Waals surface area contributed by atoms with Crippen molar-refractivity contribution < 1.29 is 13.9 Å². The van der Waals surface area contributed by atoms with Crippen LogP contribution in [0.15, 0.2) is 30.6 Å². The number of halogens is 2. The molecule has 4 heterocycles. The van der Waals surface area contributed by atoms with Crippen LogP contribution < -0.4 is 10.1 Å². The average Bonchev–Trinajstić information content (AvgIpc) is 3.36. The molecule has 0 unspecified atom stereocenters. The van der Waals surface area contributed by atoms with Gasteiger partial charge in [0.1, 0.15) is 11.4 Å². The maximum absolute atomic E-state index is 15.1. The van der Waals surface area contributed by atoms with Gasteiger partial charge in [-0.1, -0.05) is 11.6 Å². The number of benzene rings is 1. The van der Waals surface area contributed by atoms with Gasteiger partial charge in [-0.15, -0.1) is 0 Å². The number of pyridine rings is 1. The van der Waals surface area contributed by atoms with Crippen molar-refractivity contribution in [2.45, 2.75) is 12.5 Å². The molecule has 6 nitrogen and oxygen atoms in total. The zero-order valence-electron chi connectivity index (χ0n) is 15.0. The van der Waals surface area contributed by atoms with Crippen molar-refractivity contribution >= 4 is 28.5 Å². The minimum Gasteiger partial charge on any atom is -0.479 e. The normalized spacial score (nSPS) is 18.9. The van der Waals surface area contributed by atoms with Crippen LogP contribution in [-0.4, -0.2) is 53.1 Å². The number of amides is 1. The molecule has 3 aromatic rings. The van der Waals surface area contributed by atoms with E-state index in [0.717, 1.165) is 24.0 Å². The summed E-state index contributed by atoms with van der Waals surface area (Å²) in [7, 11) is 0. The summed E-state index contributed by atoms with van der Waals surface area (Å²) in [5, 5.41) is 4.02. The molecule has 0 radical (unpaired) electrons. The van der Waals surface area contributed by atoms with Crippen molar-refractivity contribution in [3.63, 3.8) is 0 Å². The minimum absolute atomic E-state index is 0.0214. The predicted octanol–water partition coefficient (Wildman–Crippen LogP) is 2.76. The fraction of sp³-hybridized carbons (Fsp3) is 0.300. The van der Waals surface area contributed by atoms with Crippen LogP contribution in [0.3, 0.4) is 0 Å². The van der Waals surface area contributed by atoms with Gasteiger partial charge in [0.2, 0.25) is 0 Å². The molecule has 0 bridgehead atoms. The van der Waals surface area contributed by atoms with Gasteiger partial charge in [0.25, 0.3) is 5.91 Å². The molecule has 0 aliphatic carbocycles.